The Hall–Kier alpha value is -0.960. The van der Waals surface area contributed by atoms with Gasteiger partial charge in [-0.15, -0.1) is 0 Å². The van der Waals surface area contributed by atoms with Gasteiger partial charge < -0.3 is 5.11 Å². The zero-order chi connectivity index (χ0) is 11.4. The maximum atomic E-state index is 13.3. The number of benzene rings is 1. The Bertz CT molecular complexity index is 305. The van der Waals surface area contributed by atoms with Crippen molar-refractivity contribution in [3.05, 3.63) is 35.4 Å². The molecule has 84 valence electrons. The Kier molecular flexibility index (Phi) is 4.21. The van der Waals surface area contributed by atoms with E-state index in [4.69, 9.17) is 0 Å². The van der Waals surface area contributed by atoms with Crippen LogP contribution in [0.4, 0.5) is 8.78 Å². The van der Waals surface area contributed by atoms with Crippen LogP contribution in [0.1, 0.15) is 38.4 Å². The minimum Gasteiger partial charge on any atom is -0.388 e. The molecule has 0 fully saturated rings. The Morgan fingerprint density at radius 1 is 1.27 bits per heavy atom. The third-order valence-electron chi connectivity index (χ3n) is 2.58. The minimum atomic E-state index is -1.06. The summed E-state index contributed by atoms with van der Waals surface area (Å²) in [6.45, 7) is 3.76. The van der Waals surface area contributed by atoms with E-state index < -0.39 is 17.7 Å². The fraction of sp³-hybridized carbons (Fsp3) is 0.500. The first-order valence-corrected chi connectivity index (χ1v) is 5.19. The van der Waals surface area contributed by atoms with E-state index in [0.717, 1.165) is 12.8 Å². The molecule has 0 saturated heterocycles. The predicted molar refractivity (Wildman–Crippen MR) is 55.4 cm³/mol. The van der Waals surface area contributed by atoms with Crippen molar-refractivity contribution in [3.8, 4) is 0 Å². The zero-order valence-corrected chi connectivity index (χ0v) is 9.00. The first kappa shape index (κ1) is 12.1. The fourth-order valence-corrected chi connectivity index (χ4v) is 1.69. The quantitative estimate of drug-likeness (QED) is 0.814. The SMILES string of the molecule is CCCC(C)C(O)c1c(F)cccc1F. The van der Waals surface area contributed by atoms with E-state index in [1.165, 1.54) is 18.2 Å². The predicted octanol–water partition coefficient (Wildman–Crippen LogP) is 3.43. The van der Waals surface area contributed by atoms with Gasteiger partial charge in [0.1, 0.15) is 11.6 Å². The molecule has 0 aliphatic carbocycles. The van der Waals surface area contributed by atoms with Crippen LogP contribution >= 0.6 is 0 Å². The Balaban J connectivity index is 2.94. The second-order valence-electron chi connectivity index (χ2n) is 3.85. The third-order valence-corrected chi connectivity index (χ3v) is 2.58. The van der Waals surface area contributed by atoms with E-state index in [0.29, 0.717) is 0 Å². The van der Waals surface area contributed by atoms with E-state index in [9.17, 15) is 13.9 Å². The molecule has 1 aromatic carbocycles. The lowest BCUT2D eigenvalue weighted by Gasteiger charge is -2.19. The average molecular weight is 214 g/mol. The summed E-state index contributed by atoms with van der Waals surface area (Å²) >= 11 is 0. The van der Waals surface area contributed by atoms with E-state index in [-0.39, 0.29) is 11.5 Å². The van der Waals surface area contributed by atoms with Crippen molar-refractivity contribution >= 4 is 0 Å². The van der Waals surface area contributed by atoms with Crippen LogP contribution in [0, 0.1) is 17.6 Å². The lowest BCUT2D eigenvalue weighted by atomic mass is 9.93. The van der Waals surface area contributed by atoms with Crippen LogP contribution in [-0.4, -0.2) is 5.11 Å². The van der Waals surface area contributed by atoms with Crippen LogP contribution in [0.25, 0.3) is 0 Å². The number of rotatable bonds is 4. The number of halogens is 2. The Labute approximate surface area is 88.7 Å². The monoisotopic (exact) mass is 214 g/mol. The lowest BCUT2D eigenvalue weighted by molar-refractivity contribution is 0.104. The van der Waals surface area contributed by atoms with Crippen LogP contribution in [0.2, 0.25) is 0 Å². The summed E-state index contributed by atoms with van der Waals surface area (Å²) in [5.41, 5.74) is -0.210. The van der Waals surface area contributed by atoms with Crippen LogP contribution in [-0.2, 0) is 0 Å². The highest BCUT2D eigenvalue weighted by atomic mass is 19.1. The van der Waals surface area contributed by atoms with Gasteiger partial charge in [0.2, 0.25) is 0 Å². The van der Waals surface area contributed by atoms with Crippen LogP contribution in [0.15, 0.2) is 18.2 Å². The number of aliphatic hydroxyl groups is 1. The molecule has 0 radical (unpaired) electrons. The van der Waals surface area contributed by atoms with Gasteiger partial charge in [0.15, 0.2) is 0 Å². The highest BCUT2D eigenvalue weighted by Crippen LogP contribution is 2.29. The highest BCUT2D eigenvalue weighted by Gasteiger charge is 2.22. The molecule has 1 nitrogen and oxygen atoms in total. The van der Waals surface area contributed by atoms with Gasteiger partial charge in [-0.1, -0.05) is 26.3 Å². The topological polar surface area (TPSA) is 20.2 Å². The smallest absolute Gasteiger partial charge is 0.131 e. The number of aliphatic hydroxyl groups excluding tert-OH is 1. The van der Waals surface area contributed by atoms with Gasteiger partial charge >= 0.3 is 0 Å². The summed E-state index contributed by atoms with van der Waals surface area (Å²) < 4.78 is 26.6. The molecule has 0 saturated carbocycles. The molecule has 0 amide bonds. The molecule has 0 bridgehead atoms. The van der Waals surface area contributed by atoms with Crippen LogP contribution < -0.4 is 0 Å². The molecule has 1 aromatic rings. The summed E-state index contributed by atoms with van der Waals surface area (Å²) in [6, 6.07) is 3.63. The summed E-state index contributed by atoms with van der Waals surface area (Å²) in [5, 5.41) is 9.80. The van der Waals surface area contributed by atoms with Crippen molar-refractivity contribution in [1.29, 1.82) is 0 Å². The molecule has 1 N–H and O–H groups in total. The van der Waals surface area contributed by atoms with Gasteiger partial charge in [0.05, 0.1) is 11.7 Å². The summed E-state index contributed by atoms with van der Waals surface area (Å²) in [5.74, 6) is -1.49. The molecule has 1 rings (SSSR count). The molecule has 0 spiro atoms. The van der Waals surface area contributed by atoms with Gasteiger partial charge in [-0.25, -0.2) is 8.78 Å². The normalized spacial score (nSPS) is 15.0. The van der Waals surface area contributed by atoms with Crippen molar-refractivity contribution in [2.24, 2.45) is 5.92 Å². The minimum absolute atomic E-state index is 0.138. The van der Waals surface area contributed by atoms with Crippen molar-refractivity contribution in [2.75, 3.05) is 0 Å². The van der Waals surface area contributed by atoms with Gasteiger partial charge in [0.25, 0.3) is 0 Å². The third kappa shape index (κ3) is 2.75. The van der Waals surface area contributed by atoms with Crippen molar-refractivity contribution in [2.45, 2.75) is 32.8 Å². The molecular weight excluding hydrogens is 198 g/mol. The molecule has 3 heteroatoms. The van der Waals surface area contributed by atoms with Crippen LogP contribution in [0.3, 0.4) is 0 Å². The van der Waals surface area contributed by atoms with Gasteiger partial charge in [-0.2, -0.15) is 0 Å². The Morgan fingerprint density at radius 3 is 2.27 bits per heavy atom. The first-order chi connectivity index (χ1) is 7.07. The van der Waals surface area contributed by atoms with Gasteiger partial charge in [0, 0.05) is 0 Å². The zero-order valence-electron chi connectivity index (χ0n) is 9.00. The van der Waals surface area contributed by atoms with Gasteiger partial charge in [-0.05, 0) is 24.5 Å². The molecule has 0 aliphatic heterocycles. The van der Waals surface area contributed by atoms with Crippen molar-refractivity contribution < 1.29 is 13.9 Å². The van der Waals surface area contributed by atoms with E-state index in [1.807, 2.05) is 6.92 Å². The second kappa shape index (κ2) is 5.21. The van der Waals surface area contributed by atoms with Gasteiger partial charge in [-0.3, -0.25) is 0 Å². The summed E-state index contributed by atoms with van der Waals surface area (Å²) in [7, 11) is 0. The summed E-state index contributed by atoms with van der Waals surface area (Å²) in [4.78, 5) is 0. The summed E-state index contributed by atoms with van der Waals surface area (Å²) in [6.07, 6.45) is 0.564. The van der Waals surface area contributed by atoms with E-state index in [1.54, 1.807) is 6.92 Å². The number of hydrogen-bond donors (Lipinski definition) is 1. The first-order valence-electron chi connectivity index (χ1n) is 5.19. The van der Waals surface area contributed by atoms with E-state index >= 15 is 0 Å². The molecule has 0 aliphatic rings. The average Bonchev–Trinajstić information content (AvgIpc) is 2.17. The van der Waals surface area contributed by atoms with Crippen molar-refractivity contribution in [3.63, 3.8) is 0 Å². The lowest BCUT2D eigenvalue weighted by Crippen LogP contribution is -2.12. The molecule has 0 heterocycles. The molecule has 15 heavy (non-hydrogen) atoms. The van der Waals surface area contributed by atoms with Crippen molar-refractivity contribution in [1.82, 2.24) is 0 Å². The van der Waals surface area contributed by atoms with Crippen LogP contribution in [0.5, 0.6) is 0 Å². The highest BCUT2D eigenvalue weighted by molar-refractivity contribution is 5.22. The molecule has 2 atom stereocenters. The largest absolute Gasteiger partial charge is 0.388 e. The fourth-order valence-electron chi connectivity index (χ4n) is 1.69. The molecular formula is C12H16F2O. The maximum Gasteiger partial charge on any atom is 0.131 e. The molecule has 2 unspecified atom stereocenters. The molecule has 0 aromatic heterocycles. The standard InChI is InChI=1S/C12H16F2O/c1-3-5-8(2)12(15)11-9(13)6-4-7-10(11)14/h4,6-8,12,15H,3,5H2,1-2H3. The second-order valence-corrected chi connectivity index (χ2v) is 3.85. The van der Waals surface area contributed by atoms with E-state index in [2.05, 4.69) is 0 Å². The number of hydrogen-bond acceptors (Lipinski definition) is 1. The maximum absolute atomic E-state index is 13.3. The Morgan fingerprint density at radius 2 is 1.80 bits per heavy atom.